The monoisotopic (exact) mass is 422 g/mol. The van der Waals surface area contributed by atoms with Crippen LogP contribution in [-0.4, -0.2) is 50.4 Å². The van der Waals surface area contributed by atoms with Crippen molar-refractivity contribution in [2.24, 2.45) is 0 Å². The zero-order valence-corrected chi connectivity index (χ0v) is 17.1. The van der Waals surface area contributed by atoms with Crippen LogP contribution < -0.4 is 9.62 Å². The van der Waals surface area contributed by atoms with Gasteiger partial charge in [0.15, 0.2) is 0 Å². The number of sulfonamides is 1. The van der Waals surface area contributed by atoms with Gasteiger partial charge in [-0.2, -0.15) is 0 Å². The van der Waals surface area contributed by atoms with Crippen LogP contribution in [-0.2, 0) is 10.0 Å². The first-order valence-electron chi connectivity index (χ1n) is 9.66. The maximum absolute atomic E-state index is 12.9. The number of carbonyl (C=O) groups excluding carboxylic acids is 1. The molecule has 154 valence electrons. The number of rotatable bonds is 5. The minimum absolute atomic E-state index is 0.114. The van der Waals surface area contributed by atoms with Gasteiger partial charge in [-0.05, 0) is 42.5 Å². The molecule has 0 bridgehead atoms. The molecular weight excluding hydrogens is 400 g/mol. The van der Waals surface area contributed by atoms with E-state index in [1.165, 1.54) is 12.1 Å². The third-order valence-corrected chi connectivity index (χ3v) is 6.35. The van der Waals surface area contributed by atoms with Gasteiger partial charge in [-0.3, -0.25) is 9.52 Å². The molecule has 1 amide bonds. The second-order valence-corrected chi connectivity index (χ2v) is 8.65. The van der Waals surface area contributed by atoms with Crippen LogP contribution >= 0.6 is 0 Å². The van der Waals surface area contributed by atoms with E-state index >= 15 is 0 Å². The van der Waals surface area contributed by atoms with Crippen LogP contribution in [0.5, 0.6) is 0 Å². The highest BCUT2D eigenvalue weighted by Crippen LogP contribution is 2.19. The first kappa shape index (κ1) is 19.9. The number of hydrogen-bond donors (Lipinski definition) is 1. The van der Waals surface area contributed by atoms with Crippen molar-refractivity contribution in [2.75, 3.05) is 35.8 Å². The van der Waals surface area contributed by atoms with Gasteiger partial charge >= 0.3 is 0 Å². The maximum atomic E-state index is 12.9. The highest BCUT2D eigenvalue weighted by molar-refractivity contribution is 7.92. The van der Waals surface area contributed by atoms with Gasteiger partial charge in [0, 0.05) is 43.6 Å². The van der Waals surface area contributed by atoms with Crippen molar-refractivity contribution in [1.29, 1.82) is 0 Å². The normalized spacial score (nSPS) is 14.4. The number of benzene rings is 2. The molecule has 1 aliphatic heterocycles. The van der Waals surface area contributed by atoms with Gasteiger partial charge in [0.05, 0.1) is 4.90 Å². The average Bonchev–Trinajstić information content (AvgIpc) is 2.80. The predicted octanol–water partition coefficient (Wildman–Crippen LogP) is 2.84. The molecule has 1 aromatic heterocycles. The highest BCUT2D eigenvalue weighted by Gasteiger charge is 2.23. The molecule has 30 heavy (non-hydrogen) atoms. The summed E-state index contributed by atoms with van der Waals surface area (Å²) >= 11 is 0. The molecule has 1 aliphatic rings. The Hall–Kier alpha value is -3.39. The molecule has 0 aliphatic carbocycles. The summed E-state index contributed by atoms with van der Waals surface area (Å²) in [7, 11) is -3.71. The molecular formula is C22H22N4O3S. The van der Waals surface area contributed by atoms with Crippen LogP contribution in [0.2, 0.25) is 0 Å². The Labute approximate surface area is 176 Å². The second kappa shape index (κ2) is 8.54. The Kier molecular flexibility index (Phi) is 5.67. The lowest BCUT2D eigenvalue weighted by atomic mass is 10.1. The summed E-state index contributed by atoms with van der Waals surface area (Å²) in [6.45, 7) is 2.55. The fraction of sp³-hybridized carbons (Fsp3) is 0.182. The predicted molar refractivity (Wildman–Crippen MR) is 116 cm³/mol. The van der Waals surface area contributed by atoms with Crippen LogP contribution in [0, 0.1) is 0 Å². The molecule has 3 aromatic rings. The molecule has 8 heteroatoms. The van der Waals surface area contributed by atoms with E-state index in [9.17, 15) is 13.2 Å². The lowest BCUT2D eigenvalue weighted by Crippen LogP contribution is -2.49. The van der Waals surface area contributed by atoms with Crippen LogP contribution in [0.25, 0.3) is 0 Å². The van der Waals surface area contributed by atoms with Crippen molar-refractivity contribution in [3.63, 3.8) is 0 Å². The SMILES string of the molecule is O=C(c1cccc(NS(=O)(=O)c2ccccc2)c1)N1CCN(c2ccccn2)CC1. The molecule has 1 saturated heterocycles. The van der Waals surface area contributed by atoms with Crippen molar-refractivity contribution < 1.29 is 13.2 Å². The number of nitrogens with zero attached hydrogens (tertiary/aromatic N) is 3. The van der Waals surface area contributed by atoms with Crippen LogP contribution in [0.15, 0.2) is 83.9 Å². The van der Waals surface area contributed by atoms with E-state index in [2.05, 4.69) is 14.6 Å². The smallest absolute Gasteiger partial charge is 0.261 e. The molecule has 4 rings (SSSR count). The molecule has 0 atom stereocenters. The molecule has 7 nitrogen and oxygen atoms in total. The van der Waals surface area contributed by atoms with Gasteiger partial charge in [0.25, 0.3) is 15.9 Å². The maximum Gasteiger partial charge on any atom is 0.261 e. The van der Waals surface area contributed by atoms with Gasteiger partial charge in [0.1, 0.15) is 5.82 Å². The van der Waals surface area contributed by atoms with Crippen molar-refractivity contribution in [3.05, 3.63) is 84.6 Å². The minimum atomic E-state index is -3.71. The van der Waals surface area contributed by atoms with Gasteiger partial charge < -0.3 is 9.80 Å². The zero-order valence-electron chi connectivity index (χ0n) is 16.3. The van der Waals surface area contributed by atoms with Gasteiger partial charge in [-0.1, -0.05) is 30.3 Å². The Bertz CT molecular complexity index is 1110. The first-order valence-corrected chi connectivity index (χ1v) is 11.1. The van der Waals surface area contributed by atoms with E-state index in [4.69, 9.17) is 0 Å². The molecule has 0 unspecified atom stereocenters. The van der Waals surface area contributed by atoms with E-state index in [0.29, 0.717) is 37.4 Å². The third-order valence-electron chi connectivity index (χ3n) is 4.96. The summed E-state index contributed by atoms with van der Waals surface area (Å²) in [4.78, 5) is 21.4. The number of nitrogens with one attached hydrogen (secondary N) is 1. The molecule has 2 aromatic carbocycles. The standard InChI is InChI=1S/C22H22N4O3S/c27-22(26-15-13-25(14-16-26)21-11-4-5-12-23-21)18-7-6-8-19(17-18)24-30(28,29)20-9-2-1-3-10-20/h1-12,17,24H,13-16H2. The van der Waals surface area contributed by atoms with Crippen LogP contribution in [0.3, 0.4) is 0 Å². The summed E-state index contributed by atoms with van der Waals surface area (Å²) in [5.41, 5.74) is 0.811. The summed E-state index contributed by atoms with van der Waals surface area (Å²) < 4.78 is 27.6. The first-order chi connectivity index (χ1) is 14.5. The number of aromatic nitrogens is 1. The molecule has 0 spiro atoms. The van der Waals surface area contributed by atoms with E-state index in [1.54, 1.807) is 53.6 Å². The average molecular weight is 423 g/mol. The van der Waals surface area contributed by atoms with E-state index in [1.807, 2.05) is 18.2 Å². The van der Waals surface area contributed by atoms with Crippen molar-refractivity contribution in [2.45, 2.75) is 4.90 Å². The summed E-state index contributed by atoms with van der Waals surface area (Å²) in [6, 6.07) is 20.5. The number of amides is 1. The highest BCUT2D eigenvalue weighted by atomic mass is 32.2. The molecule has 2 heterocycles. The fourth-order valence-corrected chi connectivity index (χ4v) is 4.46. The van der Waals surface area contributed by atoms with E-state index < -0.39 is 10.0 Å². The van der Waals surface area contributed by atoms with Gasteiger partial charge in [-0.15, -0.1) is 0 Å². The Morgan fingerprint density at radius 2 is 1.60 bits per heavy atom. The third kappa shape index (κ3) is 4.44. The van der Waals surface area contributed by atoms with Crippen LogP contribution in [0.4, 0.5) is 11.5 Å². The zero-order chi connectivity index (χ0) is 21.0. The van der Waals surface area contributed by atoms with Gasteiger partial charge in [-0.25, -0.2) is 13.4 Å². The van der Waals surface area contributed by atoms with Gasteiger partial charge in [0.2, 0.25) is 0 Å². The quantitative estimate of drug-likeness (QED) is 0.684. The molecule has 1 fully saturated rings. The minimum Gasteiger partial charge on any atom is -0.353 e. The van der Waals surface area contributed by atoms with E-state index in [-0.39, 0.29) is 10.8 Å². The van der Waals surface area contributed by atoms with Crippen LogP contribution in [0.1, 0.15) is 10.4 Å². The number of carbonyl (C=O) groups is 1. The molecule has 0 saturated carbocycles. The lowest BCUT2D eigenvalue weighted by molar-refractivity contribution is 0.0746. The lowest BCUT2D eigenvalue weighted by Gasteiger charge is -2.35. The summed E-state index contributed by atoms with van der Waals surface area (Å²) in [5, 5.41) is 0. The Morgan fingerprint density at radius 3 is 2.30 bits per heavy atom. The number of piperazine rings is 1. The topological polar surface area (TPSA) is 82.6 Å². The largest absolute Gasteiger partial charge is 0.353 e. The van der Waals surface area contributed by atoms with Crippen molar-refractivity contribution >= 4 is 27.4 Å². The number of anilines is 2. The molecule has 1 N–H and O–H groups in total. The Balaban J connectivity index is 1.43. The molecule has 0 radical (unpaired) electrons. The summed E-state index contributed by atoms with van der Waals surface area (Å²) in [5.74, 6) is 0.790. The summed E-state index contributed by atoms with van der Waals surface area (Å²) in [6.07, 6.45) is 1.76. The Morgan fingerprint density at radius 1 is 0.867 bits per heavy atom. The van der Waals surface area contributed by atoms with Crippen molar-refractivity contribution in [1.82, 2.24) is 9.88 Å². The van der Waals surface area contributed by atoms with E-state index in [0.717, 1.165) is 5.82 Å². The second-order valence-electron chi connectivity index (χ2n) is 6.97. The van der Waals surface area contributed by atoms with Crippen molar-refractivity contribution in [3.8, 4) is 0 Å². The number of hydrogen-bond acceptors (Lipinski definition) is 5. The number of pyridine rings is 1. The fourth-order valence-electron chi connectivity index (χ4n) is 3.39.